The lowest BCUT2D eigenvalue weighted by molar-refractivity contribution is -0.129. The summed E-state index contributed by atoms with van der Waals surface area (Å²) < 4.78 is 12.2. The molecule has 1 rings (SSSR count). The zero-order valence-electron chi connectivity index (χ0n) is 7.00. The molecule has 0 N–H and O–H groups in total. The fourth-order valence-corrected chi connectivity index (χ4v) is 1.39. The van der Waals surface area contributed by atoms with E-state index in [9.17, 15) is 14.0 Å². The number of hydrogen-bond acceptors (Lipinski definition) is 2. The summed E-state index contributed by atoms with van der Waals surface area (Å²) in [5.41, 5.74) is 0. The number of hydrogen-bond donors (Lipinski definition) is 0. The van der Waals surface area contributed by atoms with Gasteiger partial charge >= 0.3 is 6.16 Å². The lowest BCUT2D eigenvalue weighted by Gasteiger charge is -2.32. The van der Waals surface area contributed by atoms with Crippen molar-refractivity contribution in [2.45, 2.75) is 0 Å². The first-order chi connectivity index (χ1) is 6.15. The molecule has 0 bridgehead atoms. The number of carbonyl (C=O) groups excluding carboxylic acids is 2. The predicted molar refractivity (Wildman–Crippen MR) is 45.4 cm³/mol. The van der Waals surface area contributed by atoms with E-state index in [1.807, 2.05) is 0 Å². The second kappa shape index (κ2) is 4.41. The van der Waals surface area contributed by atoms with Crippen molar-refractivity contribution in [3.8, 4) is 0 Å². The quantitative estimate of drug-likeness (QED) is 0.357. The molecular formula is C7H10ClFN2O2. The fourth-order valence-electron chi connectivity index (χ4n) is 1.22. The van der Waals surface area contributed by atoms with E-state index in [4.69, 9.17) is 11.6 Å². The van der Waals surface area contributed by atoms with E-state index in [0.29, 0.717) is 13.1 Å². The van der Waals surface area contributed by atoms with Gasteiger partial charge in [-0.2, -0.15) is 0 Å². The zero-order chi connectivity index (χ0) is 9.84. The number of rotatable bonds is 1. The average molecular weight is 209 g/mol. The third kappa shape index (κ3) is 2.55. The molecule has 0 spiro atoms. The van der Waals surface area contributed by atoms with Gasteiger partial charge in [-0.15, -0.1) is 16.0 Å². The third-order valence-corrected chi connectivity index (χ3v) is 2.22. The summed E-state index contributed by atoms with van der Waals surface area (Å²) in [6, 6.07) is 0. The van der Waals surface area contributed by atoms with Crippen LogP contribution in [0.15, 0.2) is 0 Å². The highest BCUT2D eigenvalue weighted by molar-refractivity contribution is 6.27. The molecule has 0 aromatic rings. The lowest BCUT2D eigenvalue weighted by atomic mass is 10.3. The highest BCUT2D eigenvalue weighted by atomic mass is 35.5. The zero-order valence-corrected chi connectivity index (χ0v) is 7.76. The monoisotopic (exact) mass is 208 g/mol. The summed E-state index contributed by atoms with van der Waals surface area (Å²) >= 11 is 5.34. The van der Waals surface area contributed by atoms with Gasteiger partial charge < -0.3 is 9.80 Å². The van der Waals surface area contributed by atoms with Crippen molar-refractivity contribution in [3.63, 3.8) is 0 Å². The van der Waals surface area contributed by atoms with Gasteiger partial charge in [0.15, 0.2) is 0 Å². The Morgan fingerprint density at radius 2 is 1.62 bits per heavy atom. The molecule has 13 heavy (non-hydrogen) atoms. The molecule has 1 saturated heterocycles. The summed E-state index contributed by atoms with van der Waals surface area (Å²) in [7, 11) is 0. The highest BCUT2D eigenvalue weighted by Gasteiger charge is 2.22. The van der Waals surface area contributed by atoms with Crippen molar-refractivity contribution < 1.29 is 14.0 Å². The van der Waals surface area contributed by atoms with Gasteiger partial charge in [-0.05, 0) is 0 Å². The first-order valence-corrected chi connectivity index (χ1v) is 4.46. The number of carbonyl (C=O) groups is 2. The van der Waals surface area contributed by atoms with Crippen LogP contribution >= 0.6 is 11.6 Å². The maximum absolute atomic E-state index is 12.2. The second-order valence-electron chi connectivity index (χ2n) is 2.75. The van der Waals surface area contributed by atoms with Crippen molar-refractivity contribution in [2.75, 3.05) is 32.1 Å². The molecule has 4 nitrogen and oxygen atoms in total. The summed E-state index contributed by atoms with van der Waals surface area (Å²) in [4.78, 5) is 23.9. The van der Waals surface area contributed by atoms with E-state index in [-0.39, 0.29) is 24.9 Å². The van der Waals surface area contributed by atoms with Crippen LogP contribution in [-0.2, 0) is 4.79 Å². The van der Waals surface area contributed by atoms with E-state index < -0.39 is 6.16 Å². The number of halogens is 2. The fraction of sp³-hybridized carbons (Fsp3) is 0.714. The number of amides is 2. The molecular weight excluding hydrogens is 199 g/mol. The van der Waals surface area contributed by atoms with E-state index in [1.165, 1.54) is 4.90 Å². The van der Waals surface area contributed by atoms with Crippen LogP contribution in [0.3, 0.4) is 0 Å². The minimum absolute atomic E-state index is 0.0659. The van der Waals surface area contributed by atoms with Crippen molar-refractivity contribution in [2.24, 2.45) is 0 Å². The second-order valence-corrected chi connectivity index (χ2v) is 3.02. The molecule has 0 aliphatic carbocycles. The number of alkyl halides is 1. The van der Waals surface area contributed by atoms with Gasteiger partial charge in [-0.25, -0.2) is 4.79 Å². The summed E-state index contributed by atoms with van der Waals surface area (Å²) in [5.74, 6) is -0.239. The number of piperazine rings is 1. The molecule has 1 aliphatic rings. The lowest BCUT2D eigenvalue weighted by Crippen LogP contribution is -2.49. The van der Waals surface area contributed by atoms with Gasteiger partial charge in [0.05, 0.1) is 0 Å². The summed E-state index contributed by atoms with van der Waals surface area (Å²) in [6.45, 7) is 1.22. The van der Waals surface area contributed by atoms with Crippen molar-refractivity contribution in [1.29, 1.82) is 0 Å². The molecule has 0 unspecified atom stereocenters. The Hall–Kier alpha value is -0.840. The maximum atomic E-state index is 12.2. The van der Waals surface area contributed by atoms with Gasteiger partial charge in [-0.1, -0.05) is 0 Å². The highest BCUT2D eigenvalue weighted by Crippen LogP contribution is 2.04. The molecule has 74 valence electrons. The summed E-state index contributed by atoms with van der Waals surface area (Å²) in [6.07, 6.45) is -1.43. The van der Waals surface area contributed by atoms with Gasteiger partial charge in [0.2, 0.25) is 5.91 Å². The molecule has 2 amide bonds. The van der Waals surface area contributed by atoms with E-state index in [2.05, 4.69) is 0 Å². The van der Waals surface area contributed by atoms with Crippen molar-refractivity contribution >= 4 is 23.7 Å². The first kappa shape index (κ1) is 10.2. The average Bonchev–Trinajstić information content (AvgIpc) is 2.17. The van der Waals surface area contributed by atoms with Crippen LogP contribution in [0.2, 0.25) is 0 Å². The van der Waals surface area contributed by atoms with Gasteiger partial charge in [0.1, 0.15) is 5.88 Å². The smallest absolute Gasteiger partial charge is 0.338 e. The maximum Gasteiger partial charge on any atom is 0.400 e. The molecule has 0 saturated carbocycles. The van der Waals surface area contributed by atoms with Crippen LogP contribution in [0.1, 0.15) is 0 Å². The van der Waals surface area contributed by atoms with E-state index in [1.54, 1.807) is 0 Å². The number of nitrogens with zero attached hydrogens (tertiary/aromatic N) is 2. The Morgan fingerprint density at radius 1 is 1.15 bits per heavy atom. The molecule has 1 heterocycles. The van der Waals surface area contributed by atoms with E-state index >= 15 is 0 Å². The van der Waals surface area contributed by atoms with E-state index in [0.717, 1.165) is 4.90 Å². The predicted octanol–water partition coefficient (Wildman–Crippen LogP) is 0.459. The first-order valence-electron chi connectivity index (χ1n) is 3.93. The molecule has 1 aliphatic heterocycles. The normalized spacial score (nSPS) is 17.4. The van der Waals surface area contributed by atoms with Crippen LogP contribution < -0.4 is 0 Å². The molecule has 0 atom stereocenters. The Bertz CT molecular complexity index is 217. The Balaban J connectivity index is 2.39. The van der Waals surface area contributed by atoms with Crippen LogP contribution in [0.25, 0.3) is 0 Å². The van der Waals surface area contributed by atoms with Crippen molar-refractivity contribution in [1.82, 2.24) is 9.80 Å². The third-order valence-electron chi connectivity index (χ3n) is 2.00. The van der Waals surface area contributed by atoms with Crippen LogP contribution in [-0.4, -0.2) is 53.9 Å². The minimum atomic E-state index is -1.43. The Kier molecular flexibility index (Phi) is 3.48. The van der Waals surface area contributed by atoms with Crippen LogP contribution in [0.4, 0.5) is 9.18 Å². The molecule has 0 aromatic heterocycles. The largest absolute Gasteiger partial charge is 0.400 e. The Labute approximate surface area is 80.2 Å². The molecule has 6 heteroatoms. The van der Waals surface area contributed by atoms with Gasteiger partial charge in [0, 0.05) is 26.2 Å². The van der Waals surface area contributed by atoms with Crippen LogP contribution in [0.5, 0.6) is 0 Å². The summed E-state index contributed by atoms with van der Waals surface area (Å²) in [5, 5.41) is 0. The van der Waals surface area contributed by atoms with Gasteiger partial charge in [-0.3, -0.25) is 4.79 Å². The Morgan fingerprint density at radius 3 is 2.00 bits per heavy atom. The SMILES string of the molecule is O=C(F)N1CCN(C(=O)CCl)CC1. The molecule has 1 fully saturated rings. The molecule has 0 aromatic carbocycles. The molecule has 0 radical (unpaired) electrons. The van der Waals surface area contributed by atoms with Gasteiger partial charge in [0.25, 0.3) is 0 Å². The van der Waals surface area contributed by atoms with Crippen molar-refractivity contribution in [3.05, 3.63) is 0 Å². The topological polar surface area (TPSA) is 40.6 Å². The minimum Gasteiger partial charge on any atom is -0.338 e. The standard InChI is InChI=1S/C7H10ClFN2O2/c8-5-6(12)10-1-3-11(4-2-10)7(9)13/h1-5H2. The van der Waals surface area contributed by atoms with Crippen LogP contribution in [0, 0.1) is 0 Å².